The van der Waals surface area contributed by atoms with Crippen LogP contribution in [0.4, 0.5) is 4.39 Å². The molecular formula is C17H24FN. The van der Waals surface area contributed by atoms with Gasteiger partial charge in [0, 0.05) is 0 Å². The van der Waals surface area contributed by atoms with E-state index in [0.717, 1.165) is 30.5 Å². The Balaban J connectivity index is 1.86. The van der Waals surface area contributed by atoms with Crippen molar-refractivity contribution in [2.75, 3.05) is 13.1 Å². The van der Waals surface area contributed by atoms with E-state index in [9.17, 15) is 4.39 Å². The molecule has 2 unspecified atom stereocenters. The number of piperidine rings is 1. The van der Waals surface area contributed by atoms with E-state index in [1.165, 1.54) is 37.7 Å². The van der Waals surface area contributed by atoms with Crippen LogP contribution >= 0.6 is 0 Å². The topological polar surface area (TPSA) is 12.0 Å². The summed E-state index contributed by atoms with van der Waals surface area (Å²) >= 11 is 0. The lowest BCUT2D eigenvalue weighted by atomic mass is 9.73. The molecule has 0 spiro atoms. The predicted octanol–water partition coefficient (Wildman–Crippen LogP) is 4.02. The Bertz CT molecular complexity index is 437. The molecule has 1 saturated heterocycles. The minimum absolute atomic E-state index is 0.104. The Hall–Kier alpha value is -0.890. The Morgan fingerprint density at radius 2 is 1.95 bits per heavy atom. The van der Waals surface area contributed by atoms with Crippen LogP contribution in [0.15, 0.2) is 18.2 Å². The summed E-state index contributed by atoms with van der Waals surface area (Å²) in [4.78, 5) is 0. The number of aryl methyl sites for hydroxylation is 1. The minimum atomic E-state index is -0.104. The summed E-state index contributed by atoms with van der Waals surface area (Å²) in [5.41, 5.74) is 2.52. The second kappa shape index (κ2) is 5.62. The van der Waals surface area contributed by atoms with Gasteiger partial charge in [0.1, 0.15) is 5.82 Å². The first-order chi connectivity index (χ1) is 9.25. The zero-order chi connectivity index (χ0) is 13.2. The summed E-state index contributed by atoms with van der Waals surface area (Å²) in [6.45, 7) is 4.31. The summed E-state index contributed by atoms with van der Waals surface area (Å²) in [5, 5.41) is 3.57. The van der Waals surface area contributed by atoms with Crippen molar-refractivity contribution in [2.45, 2.75) is 44.9 Å². The van der Waals surface area contributed by atoms with Gasteiger partial charge < -0.3 is 5.32 Å². The van der Waals surface area contributed by atoms with Gasteiger partial charge in [0.05, 0.1) is 0 Å². The molecule has 2 heteroatoms. The third kappa shape index (κ3) is 2.69. The maximum absolute atomic E-state index is 13.3. The SMILES string of the molecule is Cc1cc(F)ccc1C1CCNCC1C1CCCC1. The van der Waals surface area contributed by atoms with E-state index >= 15 is 0 Å². The Labute approximate surface area is 115 Å². The molecule has 2 fully saturated rings. The van der Waals surface area contributed by atoms with Gasteiger partial charge in [-0.25, -0.2) is 4.39 Å². The highest BCUT2D eigenvalue weighted by atomic mass is 19.1. The second-order valence-corrected chi connectivity index (χ2v) is 6.31. The summed E-state index contributed by atoms with van der Waals surface area (Å²) in [6, 6.07) is 5.36. The van der Waals surface area contributed by atoms with Gasteiger partial charge in [-0.1, -0.05) is 31.7 Å². The lowest BCUT2D eigenvalue weighted by molar-refractivity contribution is 0.230. The van der Waals surface area contributed by atoms with E-state index in [-0.39, 0.29) is 5.82 Å². The lowest BCUT2D eigenvalue weighted by Gasteiger charge is -2.37. The molecule has 0 amide bonds. The van der Waals surface area contributed by atoms with E-state index < -0.39 is 0 Å². The van der Waals surface area contributed by atoms with Gasteiger partial charge in [0.2, 0.25) is 0 Å². The normalized spacial score (nSPS) is 28.7. The van der Waals surface area contributed by atoms with Crippen molar-refractivity contribution >= 4 is 0 Å². The van der Waals surface area contributed by atoms with Crippen LogP contribution in [0.25, 0.3) is 0 Å². The first kappa shape index (κ1) is 13.1. The van der Waals surface area contributed by atoms with Crippen LogP contribution in [-0.4, -0.2) is 13.1 Å². The monoisotopic (exact) mass is 261 g/mol. The molecule has 1 saturated carbocycles. The third-order valence-electron chi connectivity index (χ3n) is 5.17. The van der Waals surface area contributed by atoms with Gasteiger partial charge in [-0.2, -0.15) is 0 Å². The quantitative estimate of drug-likeness (QED) is 0.848. The van der Waals surface area contributed by atoms with Gasteiger partial charge >= 0.3 is 0 Å². The molecule has 0 bridgehead atoms. The fraction of sp³-hybridized carbons (Fsp3) is 0.647. The zero-order valence-corrected chi connectivity index (χ0v) is 11.8. The summed E-state index contributed by atoms with van der Waals surface area (Å²) in [7, 11) is 0. The fourth-order valence-electron chi connectivity index (χ4n) is 4.20. The number of nitrogens with one attached hydrogen (secondary N) is 1. The van der Waals surface area contributed by atoms with Crippen molar-refractivity contribution in [1.29, 1.82) is 0 Å². The summed E-state index contributed by atoms with van der Waals surface area (Å²) < 4.78 is 13.3. The standard InChI is InChI=1S/C17H24FN/c1-12-10-14(18)6-7-15(12)16-8-9-19-11-17(16)13-4-2-3-5-13/h6-7,10,13,16-17,19H,2-5,8-9,11H2,1H3. The molecule has 1 aliphatic heterocycles. The van der Waals surface area contributed by atoms with Crippen molar-refractivity contribution < 1.29 is 4.39 Å². The highest BCUT2D eigenvalue weighted by Gasteiger charge is 2.34. The molecule has 1 N–H and O–H groups in total. The highest BCUT2D eigenvalue weighted by Crippen LogP contribution is 2.42. The van der Waals surface area contributed by atoms with Gasteiger partial charge in [0.25, 0.3) is 0 Å². The van der Waals surface area contributed by atoms with Gasteiger partial charge in [-0.05, 0) is 67.4 Å². The van der Waals surface area contributed by atoms with Gasteiger partial charge in [-0.3, -0.25) is 0 Å². The van der Waals surface area contributed by atoms with Gasteiger partial charge in [-0.15, -0.1) is 0 Å². The number of hydrogen-bond acceptors (Lipinski definition) is 1. The maximum atomic E-state index is 13.3. The van der Waals surface area contributed by atoms with Gasteiger partial charge in [0.15, 0.2) is 0 Å². The first-order valence-electron chi connectivity index (χ1n) is 7.72. The molecule has 1 aromatic carbocycles. The Kier molecular flexibility index (Phi) is 3.88. The maximum Gasteiger partial charge on any atom is 0.123 e. The molecule has 2 aliphatic rings. The smallest absolute Gasteiger partial charge is 0.123 e. The van der Waals surface area contributed by atoms with E-state index in [2.05, 4.69) is 12.2 Å². The minimum Gasteiger partial charge on any atom is -0.316 e. The second-order valence-electron chi connectivity index (χ2n) is 6.31. The van der Waals surface area contributed by atoms with E-state index in [4.69, 9.17) is 0 Å². The molecule has 1 aliphatic carbocycles. The first-order valence-corrected chi connectivity index (χ1v) is 7.72. The average molecular weight is 261 g/mol. The molecule has 0 radical (unpaired) electrons. The van der Waals surface area contributed by atoms with Crippen LogP contribution < -0.4 is 5.32 Å². The molecule has 104 valence electrons. The number of halogens is 1. The molecule has 0 aromatic heterocycles. The van der Waals surface area contributed by atoms with Crippen LogP contribution in [0.5, 0.6) is 0 Å². The van der Waals surface area contributed by atoms with Crippen LogP contribution in [0.2, 0.25) is 0 Å². The number of rotatable bonds is 2. The van der Waals surface area contributed by atoms with Crippen molar-refractivity contribution in [3.63, 3.8) is 0 Å². The van der Waals surface area contributed by atoms with Crippen molar-refractivity contribution in [1.82, 2.24) is 5.32 Å². The summed E-state index contributed by atoms with van der Waals surface area (Å²) in [5.74, 6) is 2.15. The molecule has 1 aromatic rings. The largest absolute Gasteiger partial charge is 0.316 e. The zero-order valence-electron chi connectivity index (χ0n) is 11.8. The van der Waals surface area contributed by atoms with E-state index in [0.29, 0.717) is 5.92 Å². The van der Waals surface area contributed by atoms with Crippen LogP contribution in [0.1, 0.15) is 49.1 Å². The lowest BCUT2D eigenvalue weighted by Crippen LogP contribution is -2.39. The van der Waals surface area contributed by atoms with Crippen molar-refractivity contribution in [3.8, 4) is 0 Å². The van der Waals surface area contributed by atoms with Crippen LogP contribution in [0, 0.1) is 24.6 Å². The molecule has 1 nitrogen and oxygen atoms in total. The molecule has 3 rings (SSSR count). The number of benzene rings is 1. The van der Waals surface area contributed by atoms with Crippen LogP contribution in [0.3, 0.4) is 0 Å². The fourth-order valence-corrected chi connectivity index (χ4v) is 4.20. The Morgan fingerprint density at radius 1 is 1.16 bits per heavy atom. The number of hydrogen-bond donors (Lipinski definition) is 1. The summed E-state index contributed by atoms with van der Waals surface area (Å²) in [6.07, 6.45) is 6.78. The highest BCUT2D eigenvalue weighted by molar-refractivity contribution is 5.31. The van der Waals surface area contributed by atoms with Crippen molar-refractivity contribution in [3.05, 3.63) is 35.1 Å². The third-order valence-corrected chi connectivity index (χ3v) is 5.17. The van der Waals surface area contributed by atoms with Crippen molar-refractivity contribution in [2.24, 2.45) is 11.8 Å². The van der Waals surface area contributed by atoms with Crippen LogP contribution in [-0.2, 0) is 0 Å². The molecule has 1 heterocycles. The molecule has 2 atom stereocenters. The Morgan fingerprint density at radius 3 is 2.68 bits per heavy atom. The molecule has 19 heavy (non-hydrogen) atoms. The predicted molar refractivity (Wildman–Crippen MR) is 76.8 cm³/mol. The molecular weight excluding hydrogens is 237 g/mol. The van der Waals surface area contributed by atoms with E-state index in [1.54, 1.807) is 12.1 Å². The average Bonchev–Trinajstić information content (AvgIpc) is 2.93. The van der Waals surface area contributed by atoms with E-state index in [1.807, 2.05) is 6.07 Å².